The quantitative estimate of drug-likeness (QED) is 0.459. The van der Waals surface area contributed by atoms with E-state index >= 15 is 0 Å². The Hall–Kier alpha value is -1.98. The minimum absolute atomic E-state index is 0.253. The van der Waals surface area contributed by atoms with E-state index in [2.05, 4.69) is 4.74 Å². The van der Waals surface area contributed by atoms with Gasteiger partial charge in [0.25, 0.3) is 0 Å². The largest absolute Gasteiger partial charge is 0.496 e. The van der Waals surface area contributed by atoms with Gasteiger partial charge in [0.05, 0.1) is 19.8 Å². The predicted octanol–water partition coefficient (Wildman–Crippen LogP) is 1.72. The van der Waals surface area contributed by atoms with Gasteiger partial charge in [0, 0.05) is 12.1 Å². The zero-order chi connectivity index (χ0) is 13.0. The standard InChI is InChI=1S/C11H10F2O4/c1-16-9-4-6(12)3-7(13)11(9)8(14)5-10(15)17-2/h3-4H,5H2,1-2H3. The predicted molar refractivity (Wildman–Crippen MR) is 53.9 cm³/mol. The van der Waals surface area contributed by atoms with Crippen molar-refractivity contribution in [3.05, 3.63) is 29.3 Å². The van der Waals surface area contributed by atoms with Crippen molar-refractivity contribution in [3.8, 4) is 5.75 Å². The lowest BCUT2D eigenvalue weighted by Gasteiger charge is -2.08. The molecule has 0 amide bonds. The third kappa shape index (κ3) is 2.99. The summed E-state index contributed by atoms with van der Waals surface area (Å²) >= 11 is 0. The number of esters is 1. The van der Waals surface area contributed by atoms with Crippen molar-refractivity contribution >= 4 is 11.8 Å². The van der Waals surface area contributed by atoms with Crippen LogP contribution in [0.25, 0.3) is 0 Å². The second-order valence-electron chi connectivity index (χ2n) is 3.14. The zero-order valence-electron chi connectivity index (χ0n) is 9.25. The molecule has 0 fully saturated rings. The number of benzene rings is 1. The monoisotopic (exact) mass is 244 g/mol. The number of rotatable bonds is 4. The molecule has 0 atom stereocenters. The van der Waals surface area contributed by atoms with E-state index in [-0.39, 0.29) is 5.75 Å². The molecule has 0 spiro atoms. The van der Waals surface area contributed by atoms with Gasteiger partial charge in [0.2, 0.25) is 0 Å². The first-order valence-electron chi connectivity index (χ1n) is 4.62. The molecule has 0 saturated carbocycles. The number of halogens is 2. The fourth-order valence-corrected chi connectivity index (χ4v) is 1.27. The van der Waals surface area contributed by atoms with Crippen LogP contribution in [0.4, 0.5) is 8.78 Å². The third-order valence-corrected chi connectivity index (χ3v) is 2.05. The fraction of sp³-hybridized carbons (Fsp3) is 0.273. The van der Waals surface area contributed by atoms with Crippen LogP contribution in [0.1, 0.15) is 16.8 Å². The van der Waals surface area contributed by atoms with Crippen molar-refractivity contribution in [3.63, 3.8) is 0 Å². The van der Waals surface area contributed by atoms with Crippen LogP contribution in [0.2, 0.25) is 0 Å². The minimum Gasteiger partial charge on any atom is -0.496 e. The molecule has 0 radical (unpaired) electrons. The third-order valence-electron chi connectivity index (χ3n) is 2.05. The van der Waals surface area contributed by atoms with Crippen molar-refractivity contribution in [1.82, 2.24) is 0 Å². The number of ether oxygens (including phenoxy) is 2. The van der Waals surface area contributed by atoms with E-state index in [0.29, 0.717) is 6.07 Å². The number of methoxy groups -OCH3 is 2. The normalized spacial score (nSPS) is 9.88. The van der Waals surface area contributed by atoms with Gasteiger partial charge in [-0.15, -0.1) is 0 Å². The summed E-state index contributed by atoms with van der Waals surface area (Å²) in [6.45, 7) is 0. The first-order chi connectivity index (χ1) is 7.99. The molecule has 1 aromatic carbocycles. The summed E-state index contributed by atoms with van der Waals surface area (Å²) in [4.78, 5) is 22.5. The molecule has 0 unspecified atom stereocenters. The van der Waals surface area contributed by atoms with Crippen LogP contribution >= 0.6 is 0 Å². The molecule has 0 aliphatic carbocycles. The Morgan fingerprint density at radius 3 is 2.41 bits per heavy atom. The van der Waals surface area contributed by atoms with Crippen molar-refractivity contribution in [1.29, 1.82) is 0 Å². The molecule has 0 heterocycles. The van der Waals surface area contributed by atoms with Crippen LogP contribution in [0, 0.1) is 11.6 Å². The second-order valence-corrected chi connectivity index (χ2v) is 3.14. The van der Waals surface area contributed by atoms with Gasteiger partial charge < -0.3 is 9.47 Å². The molecule has 1 rings (SSSR count). The number of carbonyl (C=O) groups is 2. The first kappa shape index (κ1) is 13.1. The Bertz CT molecular complexity index is 457. The highest BCUT2D eigenvalue weighted by Gasteiger charge is 2.21. The highest BCUT2D eigenvalue weighted by Crippen LogP contribution is 2.24. The van der Waals surface area contributed by atoms with Gasteiger partial charge in [-0.25, -0.2) is 8.78 Å². The lowest BCUT2D eigenvalue weighted by Crippen LogP contribution is -2.12. The molecule has 6 heteroatoms. The molecule has 92 valence electrons. The minimum atomic E-state index is -1.07. The highest BCUT2D eigenvalue weighted by molar-refractivity contribution is 6.07. The topological polar surface area (TPSA) is 52.6 Å². The molecule has 1 aromatic rings. The molecule has 0 bridgehead atoms. The van der Waals surface area contributed by atoms with E-state index in [0.717, 1.165) is 13.2 Å². The molecule has 17 heavy (non-hydrogen) atoms. The van der Waals surface area contributed by atoms with Crippen molar-refractivity contribution < 1.29 is 27.8 Å². The van der Waals surface area contributed by atoms with Crippen LogP contribution in [0.5, 0.6) is 5.75 Å². The highest BCUT2D eigenvalue weighted by atomic mass is 19.1. The molecule has 0 aromatic heterocycles. The number of Topliss-reactive ketones (excluding diaryl/α,β-unsaturated/α-hetero) is 1. The number of hydrogen-bond acceptors (Lipinski definition) is 4. The lowest BCUT2D eigenvalue weighted by atomic mass is 10.1. The Kier molecular flexibility index (Phi) is 4.14. The fourth-order valence-electron chi connectivity index (χ4n) is 1.27. The summed E-state index contributed by atoms with van der Waals surface area (Å²) in [5.41, 5.74) is -0.459. The van der Waals surface area contributed by atoms with E-state index in [1.165, 1.54) is 7.11 Å². The molecule has 4 nitrogen and oxygen atoms in total. The average molecular weight is 244 g/mol. The Balaban J connectivity index is 3.12. The van der Waals surface area contributed by atoms with Gasteiger partial charge in [-0.05, 0) is 0 Å². The maximum absolute atomic E-state index is 13.4. The molecule has 0 saturated heterocycles. The van der Waals surface area contributed by atoms with Gasteiger partial charge in [-0.1, -0.05) is 0 Å². The Morgan fingerprint density at radius 2 is 1.88 bits per heavy atom. The summed E-state index contributed by atoms with van der Waals surface area (Å²) in [5.74, 6) is -3.83. The van der Waals surface area contributed by atoms with E-state index in [4.69, 9.17) is 4.74 Å². The maximum atomic E-state index is 13.4. The number of ketones is 1. The lowest BCUT2D eigenvalue weighted by molar-refractivity contribution is -0.139. The van der Waals surface area contributed by atoms with Gasteiger partial charge >= 0.3 is 5.97 Å². The summed E-state index contributed by atoms with van der Waals surface area (Å²) in [5, 5.41) is 0. The van der Waals surface area contributed by atoms with E-state index in [1.807, 2.05) is 0 Å². The Morgan fingerprint density at radius 1 is 1.24 bits per heavy atom. The maximum Gasteiger partial charge on any atom is 0.313 e. The summed E-state index contributed by atoms with van der Waals surface area (Å²) in [6.07, 6.45) is -0.630. The second kappa shape index (κ2) is 5.38. The van der Waals surface area contributed by atoms with E-state index in [9.17, 15) is 18.4 Å². The van der Waals surface area contributed by atoms with Gasteiger partial charge in [-0.2, -0.15) is 0 Å². The first-order valence-corrected chi connectivity index (χ1v) is 4.62. The number of hydrogen-bond donors (Lipinski definition) is 0. The van der Waals surface area contributed by atoms with Gasteiger partial charge in [0.1, 0.15) is 23.8 Å². The summed E-state index contributed by atoms with van der Waals surface area (Å²) in [7, 11) is 2.27. The van der Waals surface area contributed by atoms with Crippen LogP contribution in [-0.4, -0.2) is 26.0 Å². The average Bonchev–Trinajstić information content (AvgIpc) is 2.27. The van der Waals surface area contributed by atoms with Crippen molar-refractivity contribution in [2.75, 3.05) is 14.2 Å². The van der Waals surface area contributed by atoms with Crippen LogP contribution in [0.3, 0.4) is 0 Å². The molecule has 0 aliphatic heterocycles. The van der Waals surface area contributed by atoms with Crippen molar-refractivity contribution in [2.24, 2.45) is 0 Å². The molecule has 0 N–H and O–H groups in total. The summed E-state index contributed by atoms with van der Waals surface area (Å²) in [6, 6.07) is 1.42. The molecule has 0 aliphatic rings. The smallest absolute Gasteiger partial charge is 0.313 e. The SMILES string of the molecule is COC(=O)CC(=O)c1c(F)cc(F)cc1OC. The molecular weight excluding hydrogens is 234 g/mol. The van der Waals surface area contributed by atoms with Gasteiger partial charge in [0.15, 0.2) is 5.78 Å². The van der Waals surface area contributed by atoms with E-state index < -0.39 is 35.4 Å². The number of carbonyl (C=O) groups excluding carboxylic acids is 2. The summed E-state index contributed by atoms with van der Waals surface area (Å²) < 4.78 is 35.2. The van der Waals surface area contributed by atoms with Crippen LogP contribution < -0.4 is 4.74 Å². The molecular formula is C11H10F2O4. The van der Waals surface area contributed by atoms with Gasteiger partial charge in [-0.3, -0.25) is 9.59 Å². The van der Waals surface area contributed by atoms with Crippen LogP contribution in [-0.2, 0) is 9.53 Å². The van der Waals surface area contributed by atoms with E-state index in [1.54, 1.807) is 0 Å². The zero-order valence-corrected chi connectivity index (χ0v) is 9.25. The Labute approximate surface area is 96.1 Å². The van der Waals surface area contributed by atoms with Crippen LogP contribution in [0.15, 0.2) is 12.1 Å². The van der Waals surface area contributed by atoms with Crippen molar-refractivity contribution in [2.45, 2.75) is 6.42 Å².